The van der Waals surface area contributed by atoms with Crippen LogP contribution in [-0.2, 0) is 0 Å². The number of rotatable bonds is 20. The van der Waals surface area contributed by atoms with Crippen molar-refractivity contribution in [3.63, 3.8) is 0 Å². The third-order valence-electron chi connectivity index (χ3n) is 6.37. The number of nitrogens with zero attached hydrogens (tertiary/aromatic N) is 1. The maximum atomic E-state index is 12.6. The van der Waals surface area contributed by atoms with Gasteiger partial charge in [-0.25, -0.2) is 0 Å². The first-order chi connectivity index (χ1) is 16.7. The summed E-state index contributed by atoms with van der Waals surface area (Å²) in [5.74, 6) is 0.543. The van der Waals surface area contributed by atoms with Gasteiger partial charge < -0.3 is 16.4 Å². The molecule has 0 aliphatic rings. The van der Waals surface area contributed by atoms with Crippen LogP contribution >= 0.6 is 0 Å². The summed E-state index contributed by atoms with van der Waals surface area (Å²) in [5, 5.41) is 13.0. The van der Waals surface area contributed by atoms with Crippen molar-refractivity contribution in [2.75, 3.05) is 17.6 Å². The van der Waals surface area contributed by atoms with Gasteiger partial charge in [-0.1, -0.05) is 121 Å². The molecule has 0 aliphatic heterocycles. The van der Waals surface area contributed by atoms with Gasteiger partial charge in [0.05, 0.1) is 0 Å². The van der Waals surface area contributed by atoms with Crippen LogP contribution in [0.25, 0.3) is 0 Å². The first-order valence-corrected chi connectivity index (χ1v) is 13.7. The van der Waals surface area contributed by atoms with Gasteiger partial charge in [0.2, 0.25) is 0 Å². The SMILES string of the molecule is CCCCCCCCCCCCCCCCCCNC(=O)c1c(Nc2ccccc2)n[nH]c1N. The topological polar surface area (TPSA) is 95.8 Å². The molecule has 0 saturated carbocycles. The number of nitrogen functional groups attached to an aromatic ring is 1. The van der Waals surface area contributed by atoms with Crippen LogP contribution in [0.3, 0.4) is 0 Å². The van der Waals surface area contributed by atoms with E-state index in [4.69, 9.17) is 5.73 Å². The van der Waals surface area contributed by atoms with Gasteiger partial charge in [-0.2, -0.15) is 5.10 Å². The average molecular weight is 470 g/mol. The monoisotopic (exact) mass is 469 g/mol. The molecule has 6 heteroatoms. The maximum absolute atomic E-state index is 12.6. The van der Waals surface area contributed by atoms with E-state index in [0.717, 1.165) is 18.5 Å². The van der Waals surface area contributed by atoms with Crippen LogP contribution in [0.2, 0.25) is 0 Å². The number of aromatic nitrogens is 2. The van der Waals surface area contributed by atoms with E-state index < -0.39 is 0 Å². The van der Waals surface area contributed by atoms with Gasteiger partial charge in [-0.3, -0.25) is 9.89 Å². The second-order valence-electron chi connectivity index (χ2n) is 9.41. The third kappa shape index (κ3) is 11.6. The van der Waals surface area contributed by atoms with Crippen LogP contribution in [0.1, 0.15) is 120 Å². The Bertz CT molecular complexity index is 774. The summed E-state index contributed by atoms with van der Waals surface area (Å²) in [6.07, 6.45) is 21.5. The highest BCUT2D eigenvalue weighted by Crippen LogP contribution is 2.22. The second kappa shape index (κ2) is 17.9. The fourth-order valence-corrected chi connectivity index (χ4v) is 4.30. The Morgan fingerprint density at radius 1 is 0.794 bits per heavy atom. The minimum atomic E-state index is -0.189. The molecule has 0 fully saturated rings. The number of hydrogen-bond acceptors (Lipinski definition) is 4. The Balaban J connectivity index is 1.44. The normalized spacial score (nSPS) is 11.0. The highest BCUT2D eigenvalue weighted by Gasteiger charge is 2.18. The predicted octanol–water partition coefficient (Wildman–Crippen LogP) is 7.73. The Morgan fingerprint density at radius 2 is 1.29 bits per heavy atom. The zero-order chi connectivity index (χ0) is 24.3. The quantitative estimate of drug-likeness (QED) is 0.149. The highest BCUT2D eigenvalue weighted by molar-refractivity contribution is 6.03. The average Bonchev–Trinajstić information content (AvgIpc) is 3.21. The van der Waals surface area contributed by atoms with E-state index >= 15 is 0 Å². The number of para-hydroxylation sites is 1. The molecule has 1 amide bonds. The van der Waals surface area contributed by atoms with Crippen LogP contribution < -0.4 is 16.4 Å². The van der Waals surface area contributed by atoms with Crippen molar-refractivity contribution < 1.29 is 4.79 Å². The van der Waals surface area contributed by atoms with Gasteiger partial charge >= 0.3 is 0 Å². The lowest BCUT2D eigenvalue weighted by Crippen LogP contribution is -2.25. The van der Waals surface area contributed by atoms with Crippen LogP contribution in [-0.4, -0.2) is 22.6 Å². The van der Waals surface area contributed by atoms with Crippen LogP contribution in [0.5, 0.6) is 0 Å². The molecule has 34 heavy (non-hydrogen) atoms. The fourth-order valence-electron chi connectivity index (χ4n) is 4.30. The van der Waals surface area contributed by atoms with Gasteiger partial charge in [0.25, 0.3) is 5.91 Å². The standard InChI is InChI=1S/C28H47N5O/c1-2-3-4-5-6-7-8-9-10-11-12-13-14-15-16-20-23-30-28(34)25-26(29)32-33-27(25)31-24-21-18-17-19-22-24/h17-19,21-22H,2-16,20,23H2,1H3,(H,30,34)(H4,29,31,32,33). The summed E-state index contributed by atoms with van der Waals surface area (Å²) in [7, 11) is 0. The van der Waals surface area contributed by atoms with Crippen molar-refractivity contribution in [2.45, 2.75) is 110 Å². The van der Waals surface area contributed by atoms with Crippen LogP contribution in [0.4, 0.5) is 17.3 Å². The molecule has 0 bridgehead atoms. The van der Waals surface area contributed by atoms with Gasteiger partial charge in [0.1, 0.15) is 11.4 Å². The van der Waals surface area contributed by atoms with Crippen molar-refractivity contribution in [1.82, 2.24) is 15.5 Å². The number of hydrogen-bond donors (Lipinski definition) is 4. The number of carbonyl (C=O) groups is 1. The number of unbranched alkanes of at least 4 members (excludes halogenated alkanes) is 15. The summed E-state index contributed by atoms with van der Waals surface area (Å²) in [5.41, 5.74) is 7.18. The van der Waals surface area contributed by atoms with Crippen molar-refractivity contribution >= 4 is 23.2 Å². The smallest absolute Gasteiger partial charge is 0.258 e. The molecule has 1 aromatic carbocycles. The van der Waals surface area contributed by atoms with Gasteiger partial charge in [-0.15, -0.1) is 0 Å². The molecule has 0 radical (unpaired) electrons. The Labute approximate surface area is 206 Å². The number of amides is 1. The molecule has 1 aromatic heterocycles. The minimum Gasteiger partial charge on any atom is -0.383 e. The largest absolute Gasteiger partial charge is 0.383 e. The molecular formula is C28H47N5O. The second-order valence-corrected chi connectivity index (χ2v) is 9.41. The van der Waals surface area contributed by atoms with Crippen LogP contribution in [0, 0.1) is 0 Å². The van der Waals surface area contributed by atoms with E-state index in [0.29, 0.717) is 17.9 Å². The molecule has 0 saturated heterocycles. The molecular weight excluding hydrogens is 422 g/mol. The zero-order valence-electron chi connectivity index (χ0n) is 21.3. The summed E-state index contributed by atoms with van der Waals surface area (Å²) >= 11 is 0. The van der Waals surface area contributed by atoms with E-state index in [1.807, 2.05) is 30.3 Å². The number of nitrogens with one attached hydrogen (secondary N) is 3. The van der Waals surface area contributed by atoms with E-state index in [1.165, 1.54) is 89.9 Å². The Hall–Kier alpha value is -2.50. The summed E-state index contributed by atoms with van der Waals surface area (Å²) in [6.45, 7) is 2.94. The summed E-state index contributed by atoms with van der Waals surface area (Å²) in [6, 6.07) is 9.63. The lowest BCUT2D eigenvalue weighted by Gasteiger charge is -2.08. The number of carbonyl (C=O) groups excluding carboxylic acids is 1. The van der Waals surface area contributed by atoms with Gasteiger partial charge in [0.15, 0.2) is 5.82 Å². The molecule has 1 heterocycles. The Kier molecular flexibility index (Phi) is 14.6. The van der Waals surface area contributed by atoms with Gasteiger partial charge in [-0.05, 0) is 18.6 Å². The zero-order valence-corrected chi connectivity index (χ0v) is 21.3. The Morgan fingerprint density at radius 3 is 1.82 bits per heavy atom. The molecule has 0 aliphatic carbocycles. The molecule has 5 N–H and O–H groups in total. The van der Waals surface area contributed by atoms with E-state index in [1.54, 1.807) is 0 Å². The molecule has 0 unspecified atom stereocenters. The molecule has 190 valence electrons. The fraction of sp³-hybridized carbons (Fsp3) is 0.643. The van der Waals surface area contributed by atoms with Crippen LogP contribution in [0.15, 0.2) is 30.3 Å². The van der Waals surface area contributed by atoms with E-state index in [-0.39, 0.29) is 11.7 Å². The van der Waals surface area contributed by atoms with E-state index in [2.05, 4.69) is 27.8 Å². The summed E-state index contributed by atoms with van der Waals surface area (Å²) in [4.78, 5) is 12.6. The lowest BCUT2D eigenvalue weighted by atomic mass is 10.0. The van der Waals surface area contributed by atoms with Crippen molar-refractivity contribution in [2.24, 2.45) is 0 Å². The predicted molar refractivity (Wildman–Crippen MR) is 145 cm³/mol. The van der Waals surface area contributed by atoms with Gasteiger partial charge in [0, 0.05) is 12.2 Å². The molecule has 0 spiro atoms. The van der Waals surface area contributed by atoms with Crippen molar-refractivity contribution in [1.29, 1.82) is 0 Å². The number of benzene rings is 1. The number of nitrogens with two attached hydrogens (primary N) is 1. The van der Waals surface area contributed by atoms with Crippen molar-refractivity contribution in [3.05, 3.63) is 35.9 Å². The van der Waals surface area contributed by atoms with E-state index in [9.17, 15) is 4.79 Å². The maximum Gasteiger partial charge on any atom is 0.258 e. The minimum absolute atomic E-state index is 0.189. The summed E-state index contributed by atoms with van der Waals surface area (Å²) < 4.78 is 0. The molecule has 2 aromatic rings. The molecule has 2 rings (SSSR count). The highest BCUT2D eigenvalue weighted by atomic mass is 16.1. The molecule has 6 nitrogen and oxygen atoms in total. The van der Waals surface area contributed by atoms with Crippen molar-refractivity contribution in [3.8, 4) is 0 Å². The number of H-pyrrole nitrogens is 1. The number of aromatic amines is 1. The first kappa shape index (κ1) is 27.7. The lowest BCUT2D eigenvalue weighted by molar-refractivity contribution is 0.0954. The first-order valence-electron chi connectivity index (χ1n) is 13.7. The molecule has 0 atom stereocenters. The number of anilines is 3. The third-order valence-corrected chi connectivity index (χ3v) is 6.37.